The van der Waals surface area contributed by atoms with Gasteiger partial charge in [-0.1, -0.05) is 95.1 Å². The maximum absolute atomic E-state index is 4.93. The Morgan fingerprint density at radius 2 is 1.54 bits per heavy atom. The Morgan fingerprint density at radius 3 is 2.24 bits per heavy atom. The van der Waals surface area contributed by atoms with Crippen molar-refractivity contribution in [3.05, 3.63) is 124 Å². The molecule has 0 amide bonds. The summed E-state index contributed by atoms with van der Waals surface area (Å²) in [6.45, 7) is 6.51. The molecule has 1 aliphatic carbocycles. The number of fused-ring (bicyclic) bond motifs is 4. The van der Waals surface area contributed by atoms with Crippen LogP contribution in [0.25, 0.3) is 33.0 Å². The summed E-state index contributed by atoms with van der Waals surface area (Å²) in [5, 5.41) is 2.70. The van der Waals surface area contributed by atoms with Crippen LogP contribution in [-0.4, -0.2) is 9.52 Å². The first-order valence-electron chi connectivity index (χ1n) is 12.1. The van der Waals surface area contributed by atoms with Crippen LogP contribution in [-0.2, 0) is 33.7 Å². The zero-order chi connectivity index (χ0) is 26.6. The topological polar surface area (TPSA) is 0 Å². The van der Waals surface area contributed by atoms with E-state index in [0.29, 0.717) is 0 Å². The second-order valence-electron chi connectivity index (χ2n) is 8.50. The molecule has 0 aromatic heterocycles. The molecule has 0 saturated heterocycles. The van der Waals surface area contributed by atoms with Gasteiger partial charge in [0.05, 0.1) is 0 Å². The Balaban J connectivity index is 0.000000175. The fourth-order valence-corrected chi connectivity index (χ4v) is 4.64. The summed E-state index contributed by atoms with van der Waals surface area (Å²) in [5.41, 5.74) is 9.52. The summed E-state index contributed by atoms with van der Waals surface area (Å²) in [4.78, 5) is 0. The Kier molecular flexibility index (Phi) is 13.0. The van der Waals surface area contributed by atoms with Crippen LogP contribution < -0.4 is 0 Å². The molecule has 0 unspecified atom stereocenters. The van der Waals surface area contributed by atoms with Gasteiger partial charge in [0.15, 0.2) is 0 Å². The largest absolute Gasteiger partial charge is 0.179 e. The van der Waals surface area contributed by atoms with E-state index < -0.39 is 20.8 Å². The molecule has 2 radical (unpaired) electrons. The fraction of sp³-hybridized carbons (Fsp3) is 0.156. The van der Waals surface area contributed by atoms with Crippen molar-refractivity contribution in [3.63, 3.8) is 0 Å². The van der Waals surface area contributed by atoms with Crippen molar-refractivity contribution < 1.29 is 20.8 Å². The molecule has 0 saturated carbocycles. The Labute approximate surface area is 251 Å². The second-order valence-corrected chi connectivity index (χ2v) is 14.1. The molecule has 0 N–H and O–H groups in total. The summed E-state index contributed by atoms with van der Waals surface area (Å²) in [6, 6.07) is 37.8. The van der Waals surface area contributed by atoms with Crippen molar-refractivity contribution in [2.45, 2.75) is 32.9 Å². The number of benzene rings is 4. The minimum atomic E-state index is -0.826. The van der Waals surface area contributed by atoms with E-state index in [1.54, 1.807) is 0 Å². The van der Waals surface area contributed by atoms with Gasteiger partial charge in [0, 0.05) is 14.0 Å². The summed E-state index contributed by atoms with van der Waals surface area (Å²) in [6.07, 6.45) is 2.14. The molecule has 0 aliphatic heterocycles. The smallest absolute Gasteiger partial charge is 0.0253 e. The van der Waals surface area contributed by atoms with Crippen LogP contribution >= 0.6 is 33.0 Å². The average Bonchev–Trinajstić information content (AvgIpc) is 3.52. The molecular formula is C32H29BrCl2SiZr. The normalized spacial score (nSPS) is 10.4. The van der Waals surface area contributed by atoms with Crippen molar-refractivity contribution >= 4 is 53.2 Å². The van der Waals surface area contributed by atoms with Gasteiger partial charge in [-0.05, 0) is 30.5 Å². The molecule has 5 aromatic carbocycles. The Morgan fingerprint density at radius 1 is 0.892 bits per heavy atom. The van der Waals surface area contributed by atoms with E-state index in [-0.39, 0.29) is 0 Å². The van der Waals surface area contributed by atoms with Crippen molar-refractivity contribution in [1.82, 2.24) is 0 Å². The molecule has 37 heavy (non-hydrogen) atoms. The summed E-state index contributed by atoms with van der Waals surface area (Å²) < 4.78 is 1.12. The molecule has 186 valence electrons. The SMILES string of the molecule is CCc1cc2c(-c3ccc(Br)cc3)cccc2[cH-]1.C[Si]C.[Cl][Zr+2][Cl].[c-]1cccc2c1Cc1ccccc1-2. The Hall–Kier alpha value is -1.35. The zero-order valence-corrected chi connectivity index (χ0v) is 27.8. The predicted octanol–water partition coefficient (Wildman–Crippen LogP) is 10.8. The number of hydrogen-bond acceptors (Lipinski definition) is 0. The molecule has 0 bridgehead atoms. The monoisotopic (exact) mass is 680 g/mol. The van der Waals surface area contributed by atoms with Crippen molar-refractivity contribution in [2.24, 2.45) is 0 Å². The molecule has 0 heterocycles. The van der Waals surface area contributed by atoms with Gasteiger partial charge in [0.2, 0.25) is 0 Å². The molecule has 0 nitrogen and oxygen atoms in total. The maximum atomic E-state index is 4.93. The van der Waals surface area contributed by atoms with Gasteiger partial charge in [0.25, 0.3) is 0 Å². The quantitative estimate of drug-likeness (QED) is 0.126. The van der Waals surface area contributed by atoms with E-state index in [1.807, 2.05) is 6.07 Å². The minimum Gasteiger partial charge on any atom is -0.179 e. The van der Waals surface area contributed by atoms with Gasteiger partial charge in [0.1, 0.15) is 0 Å². The van der Waals surface area contributed by atoms with Gasteiger partial charge in [-0.3, -0.25) is 0 Å². The summed E-state index contributed by atoms with van der Waals surface area (Å²) >= 11 is 2.66. The fourth-order valence-electron chi connectivity index (χ4n) is 4.38. The molecule has 5 heteroatoms. The molecule has 5 aromatic rings. The second kappa shape index (κ2) is 15.9. The third-order valence-electron chi connectivity index (χ3n) is 5.99. The van der Waals surface area contributed by atoms with Crippen LogP contribution in [0.15, 0.2) is 102 Å². The number of aryl methyl sites for hydroxylation is 1. The number of halogens is 3. The van der Waals surface area contributed by atoms with Crippen molar-refractivity contribution in [3.8, 4) is 22.3 Å². The average molecular weight is 684 g/mol. The van der Waals surface area contributed by atoms with E-state index in [4.69, 9.17) is 17.0 Å². The third-order valence-corrected chi connectivity index (χ3v) is 6.52. The molecule has 0 fully saturated rings. The van der Waals surface area contributed by atoms with E-state index >= 15 is 0 Å². The van der Waals surface area contributed by atoms with Crippen LogP contribution in [0, 0.1) is 6.07 Å². The maximum Gasteiger partial charge on any atom is -0.0253 e. The van der Waals surface area contributed by atoms with Crippen molar-refractivity contribution in [2.75, 3.05) is 0 Å². The zero-order valence-electron chi connectivity index (χ0n) is 21.3. The van der Waals surface area contributed by atoms with E-state index in [0.717, 1.165) is 26.8 Å². The first-order valence-corrected chi connectivity index (χ1v) is 21.2. The van der Waals surface area contributed by atoms with Crippen LogP contribution in [0.1, 0.15) is 23.6 Å². The summed E-state index contributed by atoms with van der Waals surface area (Å²) in [7, 11) is 11.0. The van der Waals surface area contributed by atoms with Crippen LogP contribution in [0.3, 0.4) is 0 Å². The van der Waals surface area contributed by atoms with E-state index in [1.165, 1.54) is 49.7 Å². The number of hydrogen-bond donors (Lipinski definition) is 0. The predicted molar refractivity (Wildman–Crippen MR) is 165 cm³/mol. The van der Waals surface area contributed by atoms with Gasteiger partial charge >= 0.3 is 37.9 Å². The van der Waals surface area contributed by atoms with E-state index in [9.17, 15) is 0 Å². The standard InChI is InChI=1S/C17H14Br.C13H9.C2H6Si.2ClH.Zr/c1-2-12-10-14-4-3-5-16(17(14)11-12)13-6-8-15(18)9-7-13;1-3-7-12-10(5-1)9-11-6-2-4-8-13(11)12;1-3-2;;;/h3-11H,2H2,1H3;1-5,7-8H,9H2;1-2H3;2*1H;/q2*-1;;;;+4/p-2. The first-order chi connectivity index (χ1) is 18.1. The first kappa shape index (κ1) is 30.2. The van der Waals surface area contributed by atoms with E-state index in [2.05, 4.69) is 133 Å². The van der Waals surface area contributed by atoms with Gasteiger partial charge in [-0.15, -0.1) is 40.1 Å². The molecule has 6 rings (SSSR count). The van der Waals surface area contributed by atoms with Gasteiger partial charge < -0.3 is 0 Å². The molecular weight excluding hydrogens is 654 g/mol. The molecule has 0 spiro atoms. The van der Waals surface area contributed by atoms with Gasteiger partial charge in [-0.2, -0.15) is 35.9 Å². The Bertz CT molecular complexity index is 1350. The van der Waals surface area contributed by atoms with Crippen LogP contribution in [0.4, 0.5) is 0 Å². The molecule has 1 aliphatic rings. The molecule has 0 atom stereocenters. The summed E-state index contributed by atoms with van der Waals surface area (Å²) in [5.74, 6) is 0. The van der Waals surface area contributed by atoms with Crippen molar-refractivity contribution in [1.29, 1.82) is 0 Å². The van der Waals surface area contributed by atoms with Gasteiger partial charge in [-0.25, -0.2) is 0 Å². The van der Waals surface area contributed by atoms with Crippen LogP contribution in [0.5, 0.6) is 0 Å². The number of rotatable bonds is 2. The van der Waals surface area contributed by atoms with Crippen LogP contribution in [0.2, 0.25) is 13.1 Å². The third kappa shape index (κ3) is 8.32. The minimum absolute atomic E-state index is 0.826.